The summed E-state index contributed by atoms with van der Waals surface area (Å²) < 4.78 is 29.3. The van der Waals surface area contributed by atoms with Crippen molar-refractivity contribution in [3.8, 4) is 0 Å². The summed E-state index contributed by atoms with van der Waals surface area (Å²) in [7, 11) is -1.70. The van der Waals surface area contributed by atoms with E-state index in [1.807, 2.05) is 0 Å². The summed E-state index contributed by atoms with van der Waals surface area (Å²) in [5, 5.41) is 3.08. The number of halogens is 1. The first-order valence-corrected chi connectivity index (χ1v) is 7.60. The second-order valence-electron chi connectivity index (χ2n) is 4.01. The monoisotopic (exact) mass is 291 g/mol. The fraction of sp³-hybridized carbons (Fsp3) is 0.500. The summed E-state index contributed by atoms with van der Waals surface area (Å²) in [6, 6.07) is 6.23. The maximum absolute atomic E-state index is 12.2. The van der Waals surface area contributed by atoms with E-state index in [2.05, 4.69) is 5.32 Å². The van der Waals surface area contributed by atoms with Gasteiger partial charge in [0.25, 0.3) is 0 Å². The van der Waals surface area contributed by atoms with E-state index in [-0.39, 0.29) is 0 Å². The van der Waals surface area contributed by atoms with Crippen LogP contribution in [0, 0.1) is 0 Å². The van der Waals surface area contributed by atoms with Gasteiger partial charge in [-0.05, 0) is 31.2 Å². The molecule has 0 spiro atoms. The quantitative estimate of drug-likeness (QED) is 0.778. The minimum atomic E-state index is -3.30. The summed E-state index contributed by atoms with van der Waals surface area (Å²) in [4.78, 5) is 0.299. The van der Waals surface area contributed by atoms with Crippen LogP contribution in [-0.2, 0) is 14.6 Å². The first-order chi connectivity index (χ1) is 8.48. The van der Waals surface area contributed by atoms with E-state index in [1.165, 1.54) is 12.1 Å². The van der Waals surface area contributed by atoms with Crippen LogP contribution in [0.1, 0.15) is 6.92 Å². The van der Waals surface area contributed by atoms with Crippen molar-refractivity contribution in [2.75, 3.05) is 26.8 Å². The Bertz CT molecular complexity index is 459. The second kappa shape index (κ2) is 7.09. The average Bonchev–Trinajstić information content (AvgIpc) is 2.35. The number of nitrogens with one attached hydrogen (secondary N) is 1. The highest BCUT2D eigenvalue weighted by Gasteiger charge is 2.22. The normalized spacial score (nSPS) is 13.5. The first kappa shape index (κ1) is 15.4. The van der Waals surface area contributed by atoms with Gasteiger partial charge < -0.3 is 10.1 Å². The third-order valence-electron chi connectivity index (χ3n) is 2.59. The molecular weight excluding hydrogens is 274 g/mol. The maximum atomic E-state index is 12.2. The molecule has 0 aliphatic heterocycles. The molecule has 0 radical (unpaired) electrons. The average molecular weight is 292 g/mol. The van der Waals surface area contributed by atoms with Gasteiger partial charge in [0.05, 0.1) is 16.8 Å². The molecule has 1 atom stereocenters. The Hall–Kier alpha value is -0.620. The number of hydrogen-bond donors (Lipinski definition) is 1. The van der Waals surface area contributed by atoms with E-state index < -0.39 is 15.1 Å². The summed E-state index contributed by atoms with van der Waals surface area (Å²) in [5.74, 6) is 0. The highest BCUT2D eigenvalue weighted by atomic mass is 35.5. The zero-order valence-electron chi connectivity index (χ0n) is 10.5. The Morgan fingerprint density at radius 1 is 1.33 bits per heavy atom. The van der Waals surface area contributed by atoms with Crippen LogP contribution in [0.4, 0.5) is 0 Å². The van der Waals surface area contributed by atoms with Crippen molar-refractivity contribution in [2.24, 2.45) is 0 Å². The van der Waals surface area contributed by atoms with Crippen molar-refractivity contribution >= 4 is 21.4 Å². The number of ether oxygens (including phenoxy) is 1. The van der Waals surface area contributed by atoms with Crippen molar-refractivity contribution in [3.05, 3.63) is 29.3 Å². The summed E-state index contributed by atoms with van der Waals surface area (Å²) >= 11 is 5.74. The van der Waals surface area contributed by atoms with Crippen molar-refractivity contribution < 1.29 is 13.2 Å². The van der Waals surface area contributed by atoms with Crippen LogP contribution in [0.25, 0.3) is 0 Å². The second-order valence-corrected chi connectivity index (χ2v) is 6.81. The molecule has 0 amide bonds. The fourth-order valence-electron chi connectivity index (χ4n) is 1.45. The molecule has 1 aromatic rings. The smallest absolute Gasteiger partial charge is 0.182 e. The van der Waals surface area contributed by atoms with Gasteiger partial charge in [-0.2, -0.15) is 0 Å². The van der Waals surface area contributed by atoms with Gasteiger partial charge >= 0.3 is 0 Å². The Kier molecular flexibility index (Phi) is 6.08. The molecule has 0 aliphatic rings. The molecule has 18 heavy (non-hydrogen) atoms. The maximum Gasteiger partial charge on any atom is 0.182 e. The SMILES string of the molecule is COCCNCC(C)S(=O)(=O)c1ccc(Cl)cc1. The zero-order valence-corrected chi connectivity index (χ0v) is 12.1. The van der Waals surface area contributed by atoms with Crippen LogP contribution in [-0.4, -0.2) is 40.5 Å². The lowest BCUT2D eigenvalue weighted by Gasteiger charge is -2.13. The lowest BCUT2D eigenvalue weighted by atomic mass is 10.4. The van der Waals surface area contributed by atoms with Crippen LogP contribution in [0.2, 0.25) is 5.02 Å². The highest BCUT2D eigenvalue weighted by Crippen LogP contribution is 2.18. The molecule has 0 saturated heterocycles. The van der Waals surface area contributed by atoms with E-state index >= 15 is 0 Å². The Morgan fingerprint density at radius 3 is 2.50 bits per heavy atom. The third kappa shape index (κ3) is 4.24. The molecule has 0 fully saturated rings. The first-order valence-electron chi connectivity index (χ1n) is 5.67. The van der Waals surface area contributed by atoms with E-state index in [0.717, 1.165) is 0 Å². The molecule has 1 rings (SSSR count). The molecule has 1 aromatic carbocycles. The van der Waals surface area contributed by atoms with Gasteiger partial charge in [-0.3, -0.25) is 0 Å². The summed E-state index contributed by atoms with van der Waals surface area (Å²) in [6.07, 6.45) is 0. The van der Waals surface area contributed by atoms with Crippen LogP contribution in [0.15, 0.2) is 29.2 Å². The Labute approximate surface area is 113 Å². The van der Waals surface area contributed by atoms with E-state index in [4.69, 9.17) is 16.3 Å². The number of hydrogen-bond acceptors (Lipinski definition) is 4. The number of methoxy groups -OCH3 is 1. The van der Waals surface area contributed by atoms with Gasteiger partial charge in [0.1, 0.15) is 0 Å². The standard InChI is InChI=1S/C12H18ClNO3S/c1-10(9-14-7-8-17-2)18(15,16)12-5-3-11(13)4-6-12/h3-6,10,14H,7-9H2,1-2H3. The topological polar surface area (TPSA) is 55.4 Å². The molecule has 6 heteroatoms. The molecule has 0 saturated carbocycles. The third-order valence-corrected chi connectivity index (χ3v) is 4.99. The molecule has 102 valence electrons. The lowest BCUT2D eigenvalue weighted by molar-refractivity contribution is 0.199. The molecular formula is C12H18ClNO3S. The van der Waals surface area contributed by atoms with Crippen LogP contribution < -0.4 is 5.32 Å². The molecule has 0 bridgehead atoms. The molecule has 0 aromatic heterocycles. The van der Waals surface area contributed by atoms with Gasteiger partial charge in [0, 0.05) is 25.2 Å². The predicted octanol–water partition coefficient (Wildman–Crippen LogP) is 1.74. The van der Waals surface area contributed by atoms with Crippen LogP contribution >= 0.6 is 11.6 Å². The Balaban J connectivity index is 2.65. The summed E-state index contributed by atoms with van der Waals surface area (Å²) in [5.41, 5.74) is 0. The molecule has 0 heterocycles. The molecule has 1 unspecified atom stereocenters. The number of sulfone groups is 1. The largest absolute Gasteiger partial charge is 0.383 e. The van der Waals surface area contributed by atoms with E-state index in [0.29, 0.717) is 29.6 Å². The van der Waals surface area contributed by atoms with Gasteiger partial charge in [0.2, 0.25) is 0 Å². The predicted molar refractivity (Wildman–Crippen MR) is 72.8 cm³/mol. The van der Waals surface area contributed by atoms with Gasteiger partial charge in [-0.25, -0.2) is 8.42 Å². The highest BCUT2D eigenvalue weighted by molar-refractivity contribution is 7.92. The number of rotatable bonds is 7. The van der Waals surface area contributed by atoms with Crippen molar-refractivity contribution in [1.29, 1.82) is 0 Å². The summed E-state index contributed by atoms with van der Waals surface area (Å²) in [6.45, 7) is 3.28. The van der Waals surface area contributed by atoms with E-state index in [1.54, 1.807) is 26.2 Å². The van der Waals surface area contributed by atoms with Crippen LogP contribution in [0.5, 0.6) is 0 Å². The molecule has 4 nitrogen and oxygen atoms in total. The van der Waals surface area contributed by atoms with Crippen molar-refractivity contribution in [3.63, 3.8) is 0 Å². The van der Waals surface area contributed by atoms with Crippen molar-refractivity contribution in [1.82, 2.24) is 5.32 Å². The van der Waals surface area contributed by atoms with Gasteiger partial charge in [-0.1, -0.05) is 11.6 Å². The van der Waals surface area contributed by atoms with E-state index in [9.17, 15) is 8.42 Å². The fourth-order valence-corrected chi connectivity index (χ4v) is 2.89. The van der Waals surface area contributed by atoms with Gasteiger partial charge in [-0.15, -0.1) is 0 Å². The minimum Gasteiger partial charge on any atom is -0.383 e. The van der Waals surface area contributed by atoms with Gasteiger partial charge in [0.15, 0.2) is 9.84 Å². The zero-order chi connectivity index (χ0) is 13.6. The molecule has 1 N–H and O–H groups in total. The molecule has 0 aliphatic carbocycles. The van der Waals surface area contributed by atoms with Crippen LogP contribution in [0.3, 0.4) is 0 Å². The van der Waals surface area contributed by atoms with Crippen molar-refractivity contribution in [2.45, 2.75) is 17.1 Å². The minimum absolute atomic E-state index is 0.299. The lowest BCUT2D eigenvalue weighted by Crippen LogP contribution is -2.32. The Morgan fingerprint density at radius 2 is 1.94 bits per heavy atom. The number of benzene rings is 1.